The van der Waals surface area contributed by atoms with Crippen molar-refractivity contribution < 1.29 is 9.52 Å². The Morgan fingerprint density at radius 2 is 1.84 bits per heavy atom. The molecule has 1 saturated carbocycles. The number of hydrogen-bond acceptors (Lipinski definition) is 5. The highest BCUT2D eigenvalue weighted by Gasteiger charge is 2.18. The van der Waals surface area contributed by atoms with Crippen LogP contribution in [0.5, 0.6) is 0 Å². The lowest BCUT2D eigenvalue weighted by atomic mass is 9.93. The highest BCUT2D eigenvalue weighted by atomic mass is 16.4. The predicted molar refractivity (Wildman–Crippen MR) is 71.6 cm³/mol. The molecular formula is C14H17N3O2. The largest absolute Gasteiger partial charge is 0.423 e. The maximum absolute atomic E-state index is 9.48. The van der Waals surface area contributed by atoms with Crippen LogP contribution in [0.25, 0.3) is 11.5 Å². The van der Waals surface area contributed by atoms with E-state index in [-0.39, 0.29) is 6.10 Å². The summed E-state index contributed by atoms with van der Waals surface area (Å²) in [5.74, 6) is 0.535. The second-order valence-corrected chi connectivity index (χ2v) is 4.97. The van der Waals surface area contributed by atoms with Crippen molar-refractivity contribution in [2.45, 2.75) is 37.8 Å². The van der Waals surface area contributed by atoms with Crippen LogP contribution in [0.1, 0.15) is 25.7 Å². The van der Waals surface area contributed by atoms with Gasteiger partial charge in [0.2, 0.25) is 12.3 Å². The Morgan fingerprint density at radius 1 is 1.11 bits per heavy atom. The van der Waals surface area contributed by atoms with Crippen LogP contribution in [0, 0.1) is 0 Å². The fraction of sp³-hybridized carbons (Fsp3) is 0.429. The third kappa shape index (κ3) is 2.93. The number of rotatable bonds is 3. The first kappa shape index (κ1) is 12.2. The van der Waals surface area contributed by atoms with Gasteiger partial charge < -0.3 is 14.8 Å². The van der Waals surface area contributed by atoms with Crippen molar-refractivity contribution in [3.8, 4) is 11.5 Å². The lowest BCUT2D eigenvalue weighted by Gasteiger charge is -2.27. The van der Waals surface area contributed by atoms with Crippen LogP contribution in [-0.4, -0.2) is 27.4 Å². The van der Waals surface area contributed by atoms with Gasteiger partial charge in [0.05, 0.1) is 6.10 Å². The van der Waals surface area contributed by atoms with Crippen LogP contribution in [0.4, 0.5) is 5.69 Å². The van der Waals surface area contributed by atoms with Gasteiger partial charge in [0.25, 0.3) is 0 Å². The van der Waals surface area contributed by atoms with Gasteiger partial charge in [0, 0.05) is 17.3 Å². The van der Waals surface area contributed by atoms with Crippen LogP contribution in [-0.2, 0) is 0 Å². The molecule has 2 aromatic rings. The van der Waals surface area contributed by atoms with Gasteiger partial charge in [0.15, 0.2) is 0 Å². The first-order valence-electron chi connectivity index (χ1n) is 6.62. The van der Waals surface area contributed by atoms with Crippen LogP contribution in [0.15, 0.2) is 35.1 Å². The van der Waals surface area contributed by atoms with Crippen molar-refractivity contribution in [3.05, 3.63) is 30.7 Å². The first-order valence-corrected chi connectivity index (χ1v) is 6.62. The minimum atomic E-state index is -0.113. The van der Waals surface area contributed by atoms with E-state index < -0.39 is 0 Å². The molecule has 0 spiro atoms. The van der Waals surface area contributed by atoms with E-state index in [9.17, 15) is 5.11 Å². The van der Waals surface area contributed by atoms with Crippen molar-refractivity contribution in [3.63, 3.8) is 0 Å². The van der Waals surface area contributed by atoms with Crippen molar-refractivity contribution in [2.75, 3.05) is 5.32 Å². The van der Waals surface area contributed by atoms with Gasteiger partial charge in [-0.15, -0.1) is 10.2 Å². The van der Waals surface area contributed by atoms with E-state index in [1.807, 2.05) is 24.3 Å². The molecule has 1 aliphatic rings. The fourth-order valence-corrected chi connectivity index (χ4v) is 2.46. The maximum Gasteiger partial charge on any atom is 0.247 e. The van der Waals surface area contributed by atoms with E-state index in [4.69, 9.17) is 4.42 Å². The summed E-state index contributed by atoms with van der Waals surface area (Å²) in [6.07, 6.45) is 5.03. The molecule has 5 heteroatoms. The molecular weight excluding hydrogens is 242 g/mol. The normalized spacial score (nSPS) is 23.2. The summed E-state index contributed by atoms with van der Waals surface area (Å²) < 4.78 is 5.15. The minimum Gasteiger partial charge on any atom is -0.423 e. The van der Waals surface area contributed by atoms with E-state index in [0.29, 0.717) is 11.9 Å². The van der Waals surface area contributed by atoms with Gasteiger partial charge in [-0.3, -0.25) is 0 Å². The Kier molecular flexibility index (Phi) is 3.46. The molecule has 0 atom stereocenters. The van der Waals surface area contributed by atoms with Crippen molar-refractivity contribution in [1.82, 2.24) is 10.2 Å². The molecule has 1 aliphatic carbocycles. The molecule has 0 aliphatic heterocycles. The molecule has 1 aromatic heterocycles. The summed E-state index contributed by atoms with van der Waals surface area (Å²) in [5.41, 5.74) is 2.01. The van der Waals surface area contributed by atoms with Gasteiger partial charge in [-0.25, -0.2) is 0 Å². The standard InChI is InChI=1S/C14H17N3O2/c18-13-7-5-12(6-8-13)16-11-3-1-10(2-4-11)14-17-15-9-19-14/h1-4,9,12-13,16,18H,5-8H2. The number of anilines is 1. The third-order valence-corrected chi connectivity index (χ3v) is 3.56. The number of nitrogens with zero attached hydrogens (tertiary/aromatic N) is 2. The number of aliphatic hydroxyl groups is 1. The van der Waals surface area contributed by atoms with Crippen molar-refractivity contribution in [2.24, 2.45) is 0 Å². The molecule has 1 heterocycles. The van der Waals surface area contributed by atoms with E-state index in [1.165, 1.54) is 6.39 Å². The summed E-state index contributed by atoms with van der Waals surface area (Å²) in [6, 6.07) is 8.42. The number of hydrogen-bond donors (Lipinski definition) is 2. The minimum absolute atomic E-state index is 0.113. The average molecular weight is 259 g/mol. The third-order valence-electron chi connectivity index (χ3n) is 3.56. The predicted octanol–water partition coefficient (Wildman–Crippen LogP) is 2.45. The topological polar surface area (TPSA) is 71.2 Å². The fourth-order valence-electron chi connectivity index (χ4n) is 2.46. The molecule has 0 amide bonds. The van der Waals surface area contributed by atoms with Crippen molar-refractivity contribution in [1.29, 1.82) is 0 Å². The zero-order chi connectivity index (χ0) is 13.1. The van der Waals surface area contributed by atoms with E-state index in [1.54, 1.807) is 0 Å². The van der Waals surface area contributed by atoms with E-state index in [2.05, 4.69) is 15.5 Å². The number of nitrogens with one attached hydrogen (secondary N) is 1. The second-order valence-electron chi connectivity index (χ2n) is 4.97. The molecule has 0 saturated heterocycles. The van der Waals surface area contributed by atoms with Gasteiger partial charge in [-0.05, 0) is 49.9 Å². The van der Waals surface area contributed by atoms with E-state index >= 15 is 0 Å². The van der Waals surface area contributed by atoms with Gasteiger partial charge in [-0.1, -0.05) is 0 Å². The van der Waals surface area contributed by atoms with E-state index in [0.717, 1.165) is 36.9 Å². The Bertz CT molecular complexity index is 502. The average Bonchev–Trinajstić information content (AvgIpc) is 2.96. The molecule has 5 nitrogen and oxygen atoms in total. The lowest BCUT2D eigenvalue weighted by molar-refractivity contribution is 0.126. The summed E-state index contributed by atoms with van der Waals surface area (Å²) in [4.78, 5) is 0. The van der Waals surface area contributed by atoms with Gasteiger partial charge >= 0.3 is 0 Å². The quantitative estimate of drug-likeness (QED) is 0.886. The van der Waals surface area contributed by atoms with Gasteiger partial charge in [-0.2, -0.15) is 0 Å². The van der Waals surface area contributed by atoms with Crippen molar-refractivity contribution >= 4 is 5.69 Å². The molecule has 0 unspecified atom stereocenters. The summed E-state index contributed by atoms with van der Waals surface area (Å²) in [6.45, 7) is 0. The Balaban J connectivity index is 1.63. The first-order chi connectivity index (χ1) is 9.31. The molecule has 100 valence electrons. The van der Waals surface area contributed by atoms with Crippen LogP contribution in [0.2, 0.25) is 0 Å². The zero-order valence-electron chi connectivity index (χ0n) is 10.6. The Morgan fingerprint density at radius 3 is 2.47 bits per heavy atom. The maximum atomic E-state index is 9.48. The lowest BCUT2D eigenvalue weighted by Crippen LogP contribution is -2.28. The summed E-state index contributed by atoms with van der Waals surface area (Å²) in [5, 5.41) is 20.5. The molecule has 1 aromatic carbocycles. The Hall–Kier alpha value is -1.88. The van der Waals surface area contributed by atoms with Crippen LogP contribution < -0.4 is 5.32 Å². The molecule has 3 rings (SSSR count). The highest BCUT2D eigenvalue weighted by Crippen LogP contribution is 2.24. The second kappa shape index (κ2) is 5.40. The smallest absolute Gasteiger partial charge is 0.247 e. The Labute approximate surface area is 111 Å². The summed E-state index contributed by atoms with van der Waals surface area (Å²) in [7, 11) is 0. The number of aromatic nitrogens is 2. The SMILES string of the molecule is OC1CCC(Nc2ccc(-c3nnco3)cc2)CC1. The monoisotopic (exact) mass is 259 g/mol. The molecule has 0 bridgehead atoms. The molecule has 0 radical (unpaired) electrons. The molecule has 2 N–H and O–H groups in total. The van der Waals surface area contributed by atoms with Crippen LogP contribution in [0.3, 0.4) is 0 Å². The number of aliphatic hydroxyl groups excluding tert-OH is 1. The molecule has 19 heavy (non-hydrogen) atoms. The summed E-state index contributed by atoms with van der Waals surface area (Å²) >= 11 is 0. The highest BCUT2D eigenvalue weighted by molar-refractivity contribution is 5.58. The van der Waals surface area contributed by atoms with Crippen LogP contribution >= 0.6 is 0 Å². The molecule has 1 fully saturated rings. The van der Waals surface area contributed by atoms with Gasteiger partial charge in [0.1, 0.15) is 0 Å². The zero-order valence-corrected chi connectivity index (χ0v) is 10.6. The number of benzene rings is 1.